The minimum absolute atomic E-state index is 0.300. The van der Waals surface area contributed by atoms with Crippen LogP contribution in [0.25, 0.3) is 11.4 Å². The van der Waals surface area contributed by atoms with Crippen LogP contribution >= 0.6 is 0 Å². The number of anilines is 2. The van der Waals surface area contributed by atoms with Gasteiger partial charge in [-0.3, -0.25) is 4.79 Å². The van der Waals surface area contributed by atoms with E-state index >= 15 is 0 Å². The van der Waals surface area contributed by atoms with Gasteiger partial charge in [0.05, 0.1) is 12.3 Å². The highest BCUT2D eigenvalue weighted by molar-refractivity contribution is 6.04. The van der Waals surface area contributed by atoms with Crippen LogP contribution in [0.4, 0.5) is 11.5 Å². The summed E-state index contributed by atoms with van der Waals surface area (Å²) in [6.07, 6.45) is 2.24. The van der Waals surface area contributed by atoms with E-state index in [9.17, 15) is 4.79 Å². The third-order valence-electron chi connectivity index (χ3n) is 4.36. The van der Waals surface area contributed by atoms with Crippen LogP contribution in [0.1, 0.15) is 30.3 Å². The molecule has 28 heavy (non-hydrogen) atoms. The van der Waals surface area contributed by atoms with E-state index in [1.807, 2.05) is 61.5 Å². The molecular formula is C22H22N4O2. The van der Waals surface area contributed by atoms with Crippen LogP contribution in [-0.4, -0.2) is 28.5 Å². The molecular weight excluding hydrogens is 352 g/mol. The first kappa shape index (κ1) is 18.0. The number of hydrogen-bond acceptors (Lipinski definition) is 5. The van der Waals surface area contributed by atoms with Gasteiger partial charge in [0, 0.05) is 17.7 Å². The minimum Gasteiger partial charge on any atom is -0.492 e. The van der Waals surface area contributed by atoms with Gasteiger partial charge in [0.15, 0.2) is 5.82 Å². The highest BCUT2D eigenvalue weighted by atomic mass is 16.5. The first-order valence-corrected chi connectivity index (χ1v) is 9.47. The lowest BCUT2D eigenvalue weighted by atomic mass is 10.2. The topological polar surface area (TPSA) is 76.1 Å². The van der Waals surface area contributed by atoms with Crippen LogP contribution < -0.4 is 15.4 Å². The molecule has 0 aliphatic heterocycles. The summed E-state index contributed by atoms with van der Waals surface area (Å²) in [6, 6.07) is 19.1. The van der Waals surface area contributed by atoms with Crippen LogP contribution in [0, 0.1) is 0 Å². The molecule has 1 heterocycles. The summed E-state index contributed by atoms with van der Waals surface area (Å²) in [5.74, 6) is 1.52. The van der Waals surface area contributed by atoms with Crippen molar-refractivity contribution in [2.75, 3.05) is 17.2 Å². The third-order valence-corrected chi connectivity index (χ3v) is 4.36. The Balaban J connectivity index is 1.65. The van der Waals surface area contributed by atoms with Gasteiger partial charge in [-0.2, -0.15) is 0 Å². The van der Waals surface area contributed by atoms with E-state index in [0.29, 0.717) is 41.4 Å². The Hall–Kier alpha value is -3.41. The summed E-state index contributed by atoms with van der Waals surface area (Å²) in [5.41, 5.74) is 1.79. The largest absolute Gasteiger partial charge is 0.492 e. The maximum atomic E-state index is 12.9. The van der Waals surface area contributed by atoms with E-state index in [-0.39, 0.29) is 5.91 Å². The Morgan fingerprint density at radius 1 is 1.07 bits per heavy atom. The lowest BCUT2D eigenvalue weighted by Gasteiger charge is -2.12. The Labute approximate surface area is 164 Å². The molecule has 3 aromatic rings. The van der Waals surface area contributed by atoms with Crippen LogP contribution in [0.2, 0.25) is 0 Å². The Morgan fingerprint density at radius 3 is 2.57 bits per heavy atom. The number of benzene rings is 2. The normalized spacial score (nSPS) is 13.0. The van der Waals surface area contributed by atoms with Crippen LogP contribution in [0.3, 0.4) is 0 Å². The second-order valence-electron chi connectivity index (χ2n) is 6.63. The number of aromatic nitrogens is 2. The Morgan fingerprint density at radius 2 is 1.82 bits per heavy atom. The number of carbonyl (C=O) groups excluding carboxylic acids is 1. The SMILES string of the molecule is CCOc1ccccc1NC(=O)c1cc(NC2CC2)nc(-c2ccccc2)n1. The smallest absolute Gasteiger partial charge is 0.274 e. The van der Waals surface area contributed by atoms with Gasteiger partial charge >= 0.3 is 0 Å². The molecule has 1 amide bonds. The number of rotatable bonds is 7. The van der Waals surface area contributed by atoms with Crippen molar-refractivity contribution in [1.82, 2.24) is 9.97 Å². The van der Waals surface area contributed by atoms with Crippen molar-refractivity contribution in [3.63, 3.8) is 0 Å². The standard InChI is InChI=1S/C22H22N4O2/c1-2-28-19-11-7-6-10-17(19)25-22(27)18-14-20(23-16-12-13-16)26-21(24-18)15-8-4-3-5-9-15/h3-11,14,16H,2,12-13H2,1H3,(H,25,27)(H,23,24,26). The summed E-state index contributed by atoms with van der Waals surface area (Å²) in [4.78, 5) is 22.0. The highest BCUT2D eigenvalue weighted by Crippen LogP contribution is 2.27. The predicted molar refractivity (Wildman–Crippen MR) is 110 cm³/mol. The fraction of sp³-hybridized carbons (Fsp3) is 0.227. The lowest BCUT2D eigenvalue weighted by Crippen LogP contribution is -2.16. The van der Waals surface area contributed by atoms with E-state index in [0.717, 1.165) is 18.4 Å². The average Bonchev–Trinajstić information content (AvgIpc) is 3.54. The molecule has 0 atom stereocenters. The first-order chi connectivity index (χ1) is 13.7. The van der Waals surface area contributed by atoms with Gasteiger partial charge in [-0.15, -0.1) is 0 Å². The molecule has 2 N–H and O–H groups in total. The van der Waals surface area contributed by atoms with Crippen LogP contribution in [0.15, 0.2) is 60.7 Å². The molecule has 0 unspecified atom stereocenters. The number of para-hydroxylation sites is 2. The van der Waals surface area contributed by atoms with E-state index in [1.165, 1.54) is 0 Å². The maximum absolute atomic E-state index is 12.9. The summed E-state index contributed by atoms with van der Waals surface area (Å²) in [6.45, 7) is 2.43. The third kappa shape index (κ3) is 4.28. The second-order valence-corrected chi connectivity index (χ2v) is 6.63. The number of carbonyl (C=O) groups is 1. The highest BCUT2D eigenvalue weighted by Gasteiger charge is 2.23. The molecule has 1 fully saturated rings. The van der Waals surface area contributed by atoms with Crippen molar-refractivity contribution in [3.8, 4) is 17.1 Å². The Kier molecular flexibility index (Phi) is 5.19. The van der Waals surface area contributed by atoms with Crippen LogP contribution in [0.5, 0.6) is 5.75 Å². The molecule has 142 valence electrons. The molecule has 1 aliphatic rings. The monoisotopic (exact) mass is 374 g/mol. The zero-order valence-electron chi connectivity index (χ0n) is 15.7. The number of nitrogens with zero attached hydrogens (tertiary/aromatic N) is 2. The molecule has 2 aromatic carbocycles. The molecule has 0 spiro atoms. The van der Waals surface area contributed by atoms with Gasteiger partial charge in [0.25, 0.3) is 5.91 Å². The average molecular weight is 374 g/mol. The fourth-order valence-corrected chi connectivity index (χ4v) is 2.83. The minimum atomic E-state index is -0.300. The van der Waals surface area contributed by atoms with Crippen molar-refractivity contribution in [2.45, 2.75) is 25.8 Å². The lowest BCUT2D eigenvalue weighted by molar-refractivity contribution is 0.102. The molecule has 1 saturated carbocycles. The fourth-order valence-electron chi connectivity index (χ4n) is 2.83. The number of ether oxygens (including phenoxy) is 1. The Bertz CT molecular complexity index is 971. The molecule has 1 aliphatic carbocycles. The van der Waals surface area contributed by atoms with Crippen molar-refractivity contribution in [1.29, 1.82) is 0 Å². The van der Waals surface area contributed by atoms with Gasteiger partial charge < -0.3 is 15.4 Å². The van der Waals surface area contributed by atoms with Gasteiger partial charge in [-0.05, 0) is 31.9 Å². The quantitative estimate of drug-likeness (QED) is 0.642. The predicted octanol–water partition coefficient (Wildman–Crippen LogP) is 4.37. The van der Waals surface area contributed by atoms with Crippen molar-refractivity contribution in [2.24, 2.45) is 0 Å². The van der Waals surface area contributed by atoms with Gasteiger partial charge in [-0.25, -0.2) is 9.97 Å². The maximum Gasteiger partial charge on any atom is 0.274 e. The number of amides is 1. The molecule has 0 radical (unpaired) electrons. The molecule has 0 saturated heterocycles. The molecule has 6 nitrogen and oxygen atoms in total. The van der Waals surface area contributed by atoms with E-state index in [1.54, 1.807) is 6.07 Å². The summed E-state index contributed by atoms with van der Waals surface area (Å²) >= 11 is 0. The molecule has 0 bridgehead atoms. The van der Waals surface area contributed by atoms with Gasteiger partial charge in [0.2, 0.25) is 0 Å². The second kappa shape index (κ2) is 8.08. The van der Waals surface area contributed by atoms with E-state index in [4.69, 9.17) is 4.74 Å². The van der Waals surface area contributed by atoms with Crippen molar-refractivity contribution < 1.29 is 9.53 Å². The van der Waals surface area contributed by atoms with Gasteiger partial charge in [-0.1, -0.05) is 42.5 Å². The number of nitrogens with one attached hydrogen (secondary N) is 2. The molecule has 4 rings (SSSR count). The zero-order chi connectivity index (χ0) is 19.3. The summed E-state index contributed by atoms with van der Waals surface area (Å²) in [7, 11) is 0. The first-order valence-electron chi connectivity index (χ1n) is 9.47. The van der Waals surface area contributed by atoms with Crippen molar-refractivity contribution in [3.05, 3.63) is 66.4 Å². The van der Waals surface area contributed by atoms with Crippen molar-refractivity contribution >= 4 is 17.4 Å². The van der Waals surface area contributed by atoms with Crippen LogP contribution in [-0.2, 0) is 0 Å². The van der Waals surface area contributed by atoms with E-state index < -0.39 is 0 Å². The molecule has 6 heteroatoms. The molecule has 1 aromatic heterocycles. The van der Waals surface area contributed by atoms with E-state index in [2.05, 4.69) is 20.6 Å². The summed E-state index contributed by atoms with van der Waals surface area (Å²) in [5, 5.41) is 6.27. The van der Waals surface area contributed by atoms with Gasteiger partial charge in [0.1, 0.15) is 17.3 Å². The summed E-state index contributed by atoms with van der Waals surface area (Å²) < 4.78 is 5.59. The zero-order valence-corrected chi connectivity index (χ0v) is 15.7. The number of hydrogen-bond donors (Lipinski definition) is 2.